The van der Waals surface area contributed by atoms with Crippen molar-refractivity contribution in [3.05, 3.63) is 53.3 Å². The number of carbonyl (C=O) groups excluding carboxylic acids is 1. The minimum absolute atomic E-state index is 0.0930. The third-order valence-electron chi connectivity index (χ3n) is 4.45. The molecule has 1 aliphatic rings. The quantitative estimate of drug-likeness (QED) is 0.893. The normalized spacial score (nSPS) is 16.2. The Morgan fingerprint density at radius 1 is 1.08 bits per heavy atom. The second kappa shape index (κ2) is 7.59. The van der Waals surface area contributed by atoms with E-state index < -0.39 is 0 Å². The molecule has 0 atom stereocenters. The lowest BCUT2D eigenvalue weighted by Crippen LogP contribution is -2.43. The van der Waals surface area contributed by atoms with E-state index in [1.54, 1.807) is 24.1 Å². The summed E-state index contributed by atoms with van der Waals surface area (Å²) in [6.07, 6.45) is 3.29. The lowest BCUT2D eigenvalue weighted by molar-refractivity contribution is 0.0951. The second-order valence-electron chi connectivity index (χ2n) is 6.48. The average Bonchev–Trinajstić information content (AvgIpc) is 3.03. The van der Waals surface area contributed by atoms with Gasteiger partial charge in [0.25, 0.3) is 5.91 Å². The molecule has 2 aromatic rings. The van der Waals surface area contributed by atoms with Crippen molar-refractivity contribution in [3.8, 4) is 0 Å². The number of rotatable bonds is 5. The molecule has 0 unspecified atom stereocenters. The standard InChI is InChI=1S/C18H25N5O/c1-21-7-9-23(10-8-21)13-16-5-3-15(4-6-16)11-19-18(24)17-12-20-22(2)14-17/h3-6,12,14H,7-11,13H2,1-2H3,(H,19,24). The molecule has 1 N–H and O–H groups in total. The number of hydrogen-bond acceptors (Lipinski definition) is 4. The van der Waals surface area contributed by atoms with Crippen LogP contribution in [0.3, 0.4) is 0 Å². The zero-order chi connectivity index (χ0) is 16.9. The highest BCUT2D eigenvalue weighted by Crippen LogP contribution is 2.10. The minimum Gasteiger partial charge on any atom is -0.348 e. The maximum Gasteiger partial charge on any atom is 0.254 e. The van der Waals surface area contributed by atoms with Crippen LogP contribution in [0, 0.1) is 0 Å². The van der Waals surface area contributed by atoms with E-state index in [1.807, 2.05) is 0 Å². The van der Waals surface area contributed by atoms with Crippen LogP contribution >= 0.6 is 0 Å². The van der Waals surface area contributed by atoms with Crippen LogP contribution in [0.25, 0.3) is 0 Å². The third kappa shape index (κ3) is 4.43. The molecular weight excluding hydrogens is 302 g/mol. The van der Waals surface area contributed by atoms with Gasteiger partial charge >= 0.3 is 0 Å². The Hall–Kier alpha value is -2.18. The summed E-state index contributed by atoms with van der Waals surface area (Å²) in [5.74, 6) is -0.0930. The topological polar surface area (TPSA) is 53.4 Å². The highest BCUT2D eigenvalue weighted by Gasteiger charge is 2.13. The maximum absolute atomic E-state index is 12.0. The third-order valence-corrected chi connectivity index (χ3v) is 4.45. The summed E-state index contributed by atoms with van der Waals surface area (Å²) in [6, 6.07) is 8.50. The smallest absolute Gasteiger partial charge is 0.254 e. The Balaban J connectivity index is 1.48. The lowest BCUT2D eigenvalue weighted by Gasteiger charge is -2.32. The van der Waals surface area contributed by atoms with Crippen molar-refractivity contribution in [2.45, 2.75) is 13.1 Å². The summed E-state index contributed by atoms with van der Waals surface area (Å²) >= 11 is 0. The highest BCUT2D eigenvalue weighted by molar-refractivity contribution is 5.93. The first-order chi connectivity index (χ1) is 11.6. The zero-order valence-corrected chi connectivity index (χ0v) is 14.4. The maximum atomic E-state index is 12.0. The number of hydrogen-bond donors (Lipinski definition) is 1. The van der Waals surface area contributed by atoms with Crippen LogP contribution in [0.1, 0.15) is 21.5 Å². The predicted octanol–water partition coefficient (Wildman–Crippen LogP) is 1.10. The summed E-state index contributed by atoms with van der Waals surface area (Å²) in [7, 11) is 3.97. The van der Waals surface area contributed by atoms with Crippen molar-refractivity contribution >= 4 is 5.91 Å². The van der Waals surface area contributed by atoms with Gasteiger partial charge in [-0.2, -0.15) is 5.10 Å². The van der Waals surface area contributed by atoms with Gasteiger partial charge < -0.3 is 10.2 Å². The van der Waals surface area contributed by atoms with Crippen molar-refractivity contribution < 1.29 is 4.79 Å². The van der Waals surface area contributed by atoms with Crippen LogP contribution < -0.4 is 5.32 Å². The van der Waals surface area contributed by atoms with Crippen LogP contribution in [-0.4, -0.2) is 58.7 Å². The molecule has 1 aromatic heterocycles. The van der Waals surface area contributed by atoms with E-state index in [9.17, 15) is 4.79 Å². The lowest BCUT2D eigenvalue weighted by atomic mass is 10.1. The Morgan fingerprint density at radius 3 is 2.38 bits per heavy atom. The molecule has 1 fully saturated rings. The molecular formula is C18H25N5O. The number of nitrogens with zero attached hydrogens (tertiary/aromatic N) is 4. The molecule has 0 bridgehead atoms. The molecule has 0 saturated carbocycles. The van der Waals surface area contributed by atoms with E-state index in [0.717, 1.165) is 38.3 Å². The van der Waals surface area contributed by atoms with E-state index >= 15 is 0 Å². The van der Waals surface area contributed by atoms with E-state index in [4.69, 9.17) is 0 Å². The number of nitrogens with one attached hydrogen (secondary N) is 1. The molecule has 128 valence electrons. The van der Waals surface area contributed by atoms with E-state index in [-0.39, 0.29) is 5.91 Å². The molecule has 6 heteroatoms. The SMILES string of the molecule is CN1CCN(Cc2ccc(CNC(=O)c3cnn(C)c3)cc2)CC1. The van der Waals surface area contributed by atoms with Gasteiger partial charge in [-0.3, -0.25) is 14.4 Å². The fraction of sp³-hybridized carbons (Fsp3) is 0.444. The number of carbonyl (C=O) groups is 1. The molecule has 3 rings (SSSR count). The van der Waals surface area contributed by atoms with Crippen molar-refractivity contribution in [1.82, 2.24) is 24.9 Å². The van der Waals surface area contributed by atoms with Gasteiger partial charge in [0.2, 0.25) is 0 Å². The molecule has 2 heterocycles. The minimum atomic E-state index is -0.0930. The van der Waals surface area contributed by atoms with Gasteiger partial charge in [-0.25, -0.2) is 0 Å². The number of aromatic nitrogens is 2. The average molecular weight is 327 g/mol. The van der Waals surface area contributed by atoms with Gasteiger partial charge in [-0.15, -0.1) is 0 Å². The Morgan fingerprint density at radius 2 is 1.75 bits per heavy atom. The number of aryl methyl sites for hydroxylation is 1. The predicted molar refractivity (Wildman–Crippen MR) is 93.6 cm³/mol. The van der Waals surface area contributed by atoms with Gasteiger partial charge in [-0.05, 0) is 18.2 Å². The molecule has 6 nitrogen and oxygen atoms in total. The van der Waals surface area contributed by atoms with Crippen LogP contribution in [0.15, 0.2) is 36.7 Å². The van der Waals surface area contributed by atoms with Gasteiger partial charge in [0.05, 0.1) is 11.8 Å². The van der Waals surface area contributed by atoms with Gasteiger partial charge in [0.15, 0.2) is 0 Å². The van der Waals surface area contributed by atoms with Crippen molar-refractivity contribution in [1.29, 1.82) is 0 Å². The number of piperazine rings is 1. The second-order valence-corrected chi connectivity index (χ2v) is 6.48. The molecule has 0 spiro atoms. The largest absolute Gasteiger partial charge is 0.348 e. The fourth-order valence-electron chi connectivity index (χ4n) is 2.85. The van der Waals surface area contributed by atoms with Crippen LogP contribution in [0.2, 0.25) is 0 Å². The summed E-state index contributed by atoms with van der Waals surface area (Å²) in [5, 5.41) is 6.94. The van der Waals surface area contributed by atoms with Crippen molar-refractivity contribution in [2.24, 2.45) is 7.05 Å². The van der Waals surface area contributed by atoms with Crippen LogP contribution in [-0.2, 0) is 20.1 Å². The molecule has 0 aliphatic carbocycles. The molecule has 1 aliphatic heterocycles. The number of benzene rings is 1. The molecule has 0 radical (unpaired) electrons. The summed E-state index contributed by atoms with van der Waals surface area (Å²) in [5.41, 5.74) is 3.01. The van der Waals surface area contributed by atoms with Gasteiger partial charge in [0.1, 0.15) is 0 Å². The number of amides is 1. The highest BCUT2D eigenvalue weighted by atomic mass is 16.1. The van der Waals surface area contributed by atoms with E-state index in [1.165, 1.54) is 5.56 Å². The molecule has 1 saturated heterocycles. The summed E-state index contributed by atoms with van der Waals surface area (Å²) < 4.78 is 1.63. The first-order valence-corrected chi connectivity index (χ1v) is 8.36. The van der Waals surface area contributed by atoms with Crippen molar-refractivity contribution in [3.63, 3.8) is 0 Å². The summed E-state index contributed by atoms with van der Waals surface area (Å²) in [6.45, 7) is 6.05. The fourth-order valence-corrected chi connectivity index (χ4v) is 2.85. The summed E-state index contributed by atoms with van der Waals surface area (Å²) in [4.78, 5) is 16.9. The molecule has 1 aromatic carbocycles. The Labute approximate surface area is 143 Å². The molecule has 1 amide bonds. The Kier molecular flexibility index (Phi) is 5.27. The van der Waals surface area contributed by atoms with Gasteiger partial charge in [-0.1, -0.05) is 24.3 Å². The van der Waals surface area contributed by atoms with Crippen LogP contribution in [0.5, 0.6) is 0 Å². The van der Waals surface area contributed by atoms with E-state index in [2.05, 4.69) is 51.5 Å². The van der Waals surface area contributed by atoms with Gasteiger partial charge in [0, 0.05) is 52.5 Å². The Bertz CT molecular complexity index is 671. The zero-order valence-electron chi connectivity index (χ0n) is 14.4. The van der Waals surface area contributed by atoms with E-state index in [0.29, 0.717) is 12.1 Å². The molecule has 24 heavy (non-hydrogen) atoms. The monoisotopic (exact) mass is 327 g/mol. The first-order valence-electron chi connectivity index (χ1n) is 8.36. The number of likely N-dealkylation sites (N-methyl/N-ethyl adjacent to an activating group) is 1. The first kappa shape index (κ1) is 16.7. The van der Waals surface area contributed by atoms with Crippen LogP contribution in [0.4, 0.5) is 0 Å². The van der Waals surface area contributed by atoms with Crippen molar-refractivity contribution in [2.75, 3.05) is 33.2 Å².